The predicted octanol–water partition coefficient (Wildman–Crippen LogP) is 4.43. The fourth-order valence-corrected chi connectivity index (χ4v) is 2.60. The summed E-state index contributed by atoms with van der Waals surface area (Å²) in [5.41, 5.74) is 0.724. The molecule has 2 aromatic carbocycles. The summed E-state index contributed by atoms with van der Waals surface area (Å²) in [6.07, 6.45) is -4.45. The average molecular weight is 320 g/mol. The van der Waals surface area contributed by atoms with Crippen LogP contribution >= 0.6 is 0 Å². The van der Waals surface area contributed by atoms with Gasteiger partial charge >= 0.3 is 6.18 Å². The maximum absolute atomic E-state index is 13.0. The smallest absolute Gasteiger partial charge is 0.383 e. The topological polar surface area (TPSA) is 32.3 Å². The Bertz CT molecular complexity index is 743. The van der Waals surface area contributed by atoms with Crippen molar-refractivity contribution in [1.82, 2.24) is 0 Å². The Kier molecular flexibility index (Phi) is 3.75. The molecule has 1 aliphatic rings. The van der Waals surface area contributed by atoms with Gasteiger partial charge in [-0.05, 0) is 30.3 Å². The van der Waals surface area contributed by atoms with Crippen molar-refractivity contribution in [2.75, 3.05) is 16.8 Å². The number of carbonyl (C=O) groups excluding carboxylic acids is 1. The largest absolute Gasteiger partial charge is 0.416 e. The molecule has 2 aromatic rings. The molecule has 0 bridgehead atoms. The second kappa shape index (κ2) is 5.61. The minimum atomic E-state index is -4.45. The Morgan fingerprint density at radius 1 is 1.13 bits per heavy atom. The molecule has 1 heterocycles. The van der Waals surface area contributed by atoms with E-state index in [1.807, 2.05) is 6.07 Å². The molecule has 1 unspecified atom stereocenters. The zero-order valence-electron chi connectivity index (χ0n) is 12.4. The summed E-state index contributed by atoms with van der Waals surface area (Å²) < 4.78 is 38.9. The number of rotatable bonds is 1. The van der Waals surface area contributed by atoms with E-state index in [-0.39, 0.29) is 17.5 Å². The van der Waals surface area contributed by atoms with Crippen LogP contribution in [0.3, 0.4) is 0 Å². The van der Waals surface area contributed by atoms with Crippen molar-refractivity contribution in [2.45, 2.75) is 13.1 Å². The summed E-state index contributed by atoms with van der Waals surface area (Å²) in [5, 5.41) is 3.17. The number of amides is 1. The molecule has 0 aromatic heterocycles. The molecular weight excluding hydrogens is 305 g/mol. The lowest BCUT2D eigenvalue weighted by atomic mass is 10.1. The Morgan fingerprint density at radius 3 is 2.61 bits per heavy atom. The molecule has 23 heavy (non-hydrogen) atoms. The first-order valence-corrected chi connectivity index (χ1v) is 7.22. The number of alkyl halides is 3. The number of nitrogens with one attached hydrogen (secondary N) is 1. The highest BCUT2D eigenvalue weighted by Crippen LogP contribution is 2.38. The number of benzene rings is 2. The monoisotopic (exact) mass is 320 g/mol. The van der Waals surface area contributed by atoms with Crippen LogP contribution in [-0.4, -0.2) is 12.5 Å². The van der Waals surface area contributed by atoms with Gasteiger partial charge in [-0.25, -0.2) is 0 Å². The number of anilines is 3. The van der Waals surface area contributed by atoms with Gasteiger partial charge in [-0.3, -0.25) is 9.69 Å². The number of halogens is 3. The first-order chi connectivity index (χ1) is 10.9. The molecule has 0 spiro atoms. The number of nitrogens with zero attached hydrogens (tertiary/aromatic N) is 1. The molecule has 0 saturated heterocycles. The fraction of sp³-hybridized carbons (Fsp3) is 0.235. The fourth-order valence-electron chi connectivity index (χ4n) is 2.60. The zero-order chi connectivity index (χ0) is 16.6. The molecule has 0 saturated carbocycles. The minimum absolute atomic E-state index is 0.216. The van der Waals surface area contributed by atoms with Gasteiger partial charge in [0.25, 0.3) is 0 Å². The summed E-state index contributed by atoms with van der Waals surface area (Å²) in [7, 11) is 0. The summed E-state index contributed by atoms with van der Waals surface area (Å²) in [5.74, 6) is -0.585. The second-order valence-corrected chi connectivity index (χ2v) is 5.52. The van der Waals surface area contributed by atoms with Crippen LogP contribution in [0, 0.1) is 5.92 Å². The van der Waals surface area contributed by atoms with Crippen molar-refractivity contribution in [3.63, 3.8) is 0 Å². The van der Waals surface area contributed by atoms with Gasteiger partial charge in [0.15, 0.2) is 0 Å². The van der Waals surface area contributed by atoms with Gasteiger partial charge in [0.2, 0.25) is 5.91 Å². The van der Waals surface area contributed by atoms with E-state index < -0.39 is 11.7 Å². The van der Waals surface area contributed by atoms with E-state index >= 15 is 0 Å². The number of hydrogen-bond acceptors (Lipinski definition) is 2. The van der Waals surface area contributed by atoms with Crippen LogP contribution in [-0.2, 0) is 11.0 Å². The van der Waals surface area contributed by atoms with Gasteiger partial charge in [0.1, 0.15) is 0 Å². The van der Waals surface area contributed by atoms with E-state index in [0.29, 0.717) is 12.2 Å². The molecule has 0 fully saturated rings. The third-order valence-electron chi connectivity index (χ3n) is 3.82. The first kappa shape index (κ1) is 15.4. The molecule has 0 aliphatic carbocycles. The van der Waals surface area contributed by atoms with Crippen molar-refractivity contribution >= 4 is 23.0 Å². The van der Waals surface area contributed by atoms with Crippen LogP contribution in [0.1, 0.15) is 12.5 Å². The third-order valence-corrected chi connectivity index (χ3v) is 3.82. The van der Waals surface area contributed by atoms with Crippen LogP contribution in [0.5, 0.6) is 0 Å². The van der Waals surface area contributed by atoms with E-state index in [1.165, 1.54) is 17.0 Å². The second-order valence-electron chi connectivity index (χ2n) is 5.52. The summed E-state index contributed by atoms with van der Waals surface area (Å²) in [6, 6.07) is 11.9. The van der Waals surface area contributed by atoms with Crippen LogP contribution in [0.4, 0.5) is 30.2 Å². The highest BCUT2D eigenvalue weighted by atomic mass is 19.4. The lowest BCUT2D eigenvalue weighted by Crippen LogP contribution is -2.31. The highest BCUT2D eigenvalue weighted by molar-refractivity contribution is 6.05. The van der Waals surface area contributed by atoms with Crippen LogP contribution in [0.15, 0.2) is 48.5 Å². The molecule has 3 rings (SSSR count). The van der Waals surface area contributed by atoms with E-state index in [9.17, 15) is 18.0 Å². The molecule has 1 atom stereocenters. The Labute approximate surface area is 131 Å². The van der Waals surface area contributed by atoms with Crippen LogP contribution in [0.25, 0.3) is 0 Å². The third kappa shape index (κ3) is 2.88. The predicted molar refractivity (Wildman–Crippen MR) is 82.7 cm³/mol. The highest BCUT2D eigenvalue weighted by Gasteiger charge is 2.33. The minimum Gasteiger partial charge on any atom is -0.383 e. The van der Waals surface area contributed by atoms with Crippen molar-refractivity contribution in [3.8, 4) is 0 Å². The van der Waals surface area contributed by atoms with Crippen molar-refractivity contribution in [3.05, 3.63) is 54.1 Å². The summed E-state index contributed by atoms with van der Waals surface area (Å²) in [6.45, 7) is 2.19. The quantitative estimate of drug-likeness (QED) is 0.843. The zero-order valence-corrected chi connectivity index (χ0v) is 12.4. The molecular formula is C17H15F3N2O. The number of fused-ring (bicyclic) bond motifs is 1. The Hall–Kier alpha value is -2.50. The molecule has 1 N–H and O–H groups in total. The Morgan fingerprint density at radius 2 is 1.87 bits per heavy atom. The van der Waals surface area contributed by atoms with Crippen LogP contribution in [0.2, 0.25) is 0 Å². The van der Waals surface area contributed by atoms with Crippen molar-refractivity contribution in [1.29, 1.82) is 0 Å². The normalized spacial score (nSPS) is 18.2. The number of para-hydroxylation sites is 2. The molecule has 3 nitrogen and oxygen atoms in total. The molecule has 1 aliphatic heterocycles. The van der Waals surface area contributed by atoms with Gasteiger partial charge < -0.3 is 5.32 Å². The lowest BCUT2D eigenvalue weighted by Gasteiger charge is -2.25. The summed E-state index contributed by atoms with van der Waals surface area (Å²) >= 11 is 0. The van der Waals surface area contributed by atoms with Crippen LogP contribution < -0.4 is 10.2 Å². The van der Waals surface area contributed by atoms with E-state index in [0.717, 1.165) is 17.8 Å². The van der Waals surface area contributed by atoms with E-state index in [2.05, 4.69) is 5.32 Å². The maximum atomic E-state index is 13.0. The molecule has 6 heteroatoms. The number of carbonyl (C=O) groups is 1. The van der Waals surface area contributed by atoms with Gasteiger partial charge in [0.05, 0.1) is 22.9 Å². The van der Waals surface area contributed by atoms with Gasteiger partial charge in [-0.15, -0.1) is 0 Å². The number of hydrogen-bond donors (Lipinski definition) is 1. The standard InChI is InChI=1S/C17H15F3N2O/c1-11-10-21-14-7-2-3-8-15(14)22(16(11)23)13-6-4-5-12(9-13)17(18,19)20/h2-9,11,21H,10H2,1H3. The van der Waals surface area contributed by atoms with Crippen molar-refractivity contribution in [2.24, 2.45) is 5.92 Å². The SMILES string of the molecule is CC1CNc2ccccc2N(c2cccc(C(F)(F)F)c2)C1=O. The van der Waals surface area contributed by atoms with E-state index in [1.54, 1.807) is 25.1 Å². The molecule has 120 valence electrons. The molecule has 1 amide bonds. The first-order valence-electron chi connectivity index (χ1n) is 7.22. The lowest BCUT2D eigenvalue weighted by molar-refractivity contribution is -0.137. The Balaban J connectivity index is 2.14. The summed E-state index contributed by atoms with van der Waals surface area (Å²) in [4.78, 5) is 14.0. The maximum Gasteiger partial charge on any atom is 0.416 e. The van der Waals surface area contributed by atoms with Gasteiger partial charge in [0, 0.05) is 12.2 Å². The average Bonchev–Trinajstić information content (AvgIpc) is 2.65. The van der Waals surface area contributed by atoms with Gasteiger partial charge in [-0.1, -0.05) is 25.1 Å². The van der Waals surface area contributed by atoms with E-state index in [4.69, 9.17) is 0 Å². The molecule has 0 radical (unpaired) electrons. The van der Waals surface area contributed by atoms with Gasteiger partial charge in [-0.2, -0.15) is 13.2 Å². The van der Waals surface area contributed by atoms with Crippen molar-refractivity contribution < 1.29 is 18.0 Å².